The molecule has 1 aromatic rings. The van der Waals surface area contributed by atoms with E-state index in [4.69, 9.17) is 28.9 Å². The monoisotopic (exact) mass is 300 g/mol. The average Bonchev–Trinajstić information content (AvgIpc) is 2.90. The minimum absolute atomic E-state index is 0.0436. The summed E-state index contributed by atoms with van der Waals surface area (Å²) in [7, 11) is 0. The van der Waals surface area contributed by atoms with Gasteiger partial charge in [0, 0.05) is 35.5 Å². The Hall–Kier alpha value is -0.770. The molecule has 0 aromatic heterocycles. The van der Waals surface area contributed by atoms with Gasteiger partial charge in [-0.1, -0.05) is 29.3 Å². The highest BCUT2D eigenvalue weighted by Crippen LogP contribution is 2.29. The van der Waals surface area contributed by atoms with E-state index in [-0.39, 0.29) is 11.8 Å². The highest BCUT2D eigenvalue weighted by atomic mass is 35.5. The predicted octanol–water partition coefficient (Wildman–Crippen LogP) is 3.05. The number of amides is 1. The van der Waals surface area contributed by atoms with Crippen molar-refractivity contribution >= 4 is 29.1 Å². The van der Waals surface area contributed by atoms with Crippen molar-refractivity contribution in [1.29, 1.82) is 0 Å². The molecule has 3 nitrogen and oxygen atoms in total. The molecule has 0 spiro atoms. The summed E-state index contributed by atoms with van der Waals surface area (Å²) in [5, 5.41) is 1.17. The van der Waals surface area contributed by atoms with Gasteiger partial charge in [-0.15, -0.1) is 0 Å². The van der Waals surface area contributed by atoms with E-state index in [0.717, 1.165) is 31.5 Å². The van der Waals surface area contributed by atoms with Crippen LogP contribution in [0.4, 0.5) is 0 Å². The zero-order chi connectivity index (χ0) is 13.8. The second-order valence-electron chi connectivity index (χ2n) is 4.89. The SMILES string of the molecule is NCC(CC(=O)N1CCCC1)c1ccc(Cl)cc1Cl. The normalized spacial score (nSPS) is 16.7. The second kappa shape index (κ2) is 6.60. The van der Waals surface area contributed by atoms with Gasteiger partial charge in [-0.05, 0) is 37.1 Å². The summed E-state index contributed by atoms with van der Waals surface area (Å²) >= 11 is 12.1. The Kier molecular flexibility index (Phi) is 5.08. The van der Waals surface area contributed by atoms with Crippen LogP contribution >= 0.6 is 23.2 Å². The first-order valence-electron chi connectivity index (χ1n) is 6.54. The molecule has 0 aliphatic carbocycles. The van der Waals surface area contributed by atoms with Crippen LogP contribution in [0.5, 0.6) is 0 Å². The Morgan fingerprint density at radius 3 is 2.58 bits per heavy atom. The molecule has 1 atom stereocenters. The number of nitrogens with two attached hydrogens (primary N) is 1. The van der Waals surface area contributed by atoms with E-state index in [1.807, 2.05) is 11.0 Å². The number of benzene rings is 1. The lowest BCUT2D eigenvalue weighted by Crippen LogP contribution is -2.30. The number of hydrogen-bond acceptors (Lipinski definition) is 2. The lowest BCUT2D eigenvalue weighted by atomic mass is 9.95. The number of likely N-dealkylation sites (tertiary alicyclic amines) is 1. The van der Waals surface area contributed by atoms with E-state index in [1.54, 1.807) is 12.1 Å². The minimum atomic E-state index is -0.0436. The average molecular weight is 301 g/mol. The molecule has 2 rings (SSSR count). The molecule has 0 saturated carbocycles. The Bertz CT molecular complexity index is 459. The van der Waals surface area contributed by atoms with Crippen LogP contribution in [0.3, 0.4) is 0 Å². The van der Waals surface area contributed by atoms with Crippen molar-refractivity contribution in [1.82, 2.24) is 4.90 Å². The first-order valence-corrected chi connectivity index (χ1v) is 7.30. The minimum Gasteiger partial charge on any atom is -0.343 e. The Balaban J connectivity index is 2.08. The Morgan fingerprint density at radius 1 is 1.32 bits per heavy atom. The molecule has 1 saturated heterocycles. The highest BCUT2D eigenvalue weighted by molar-refractivity contribution is 6.35. The van der Waals surface area contributed by atoms with Crippen LogP contribution in [0.25, 0.3) is 0 Å². The summed E-state index contributed by atoms with van der Waals surface area (Å²) in [4.78, 5) is 14.1. The van der Waals surface area contributed by atoms with Crippen molar-refractivity contribution in [3.05, 3.63) is 33.8 Å². The first-order chi connectivity index (χ1) is 9.11. The van der Waals surface area contributed by atoms with Crippen LogP contribution in [0.2, 0.25) is 10.0 Å². The lowest BCUT2D eigenvalue weighted by Gasteiger charge is -2.21. The molecular weight excluding hydrogens is 283 g/mol. The Morgan fingerprint density at radius 2 is 2.00 bits per heavy atom. The van der Waals surface area contributed by atoms with Gasteiger partial charge in [-0.2, -0.15) is 0 Å². The van der Waals surface area contributed by atoms with Crippen molar-refractivity contribution in [3.63, 3.8) is 0 Å². The molecule has 1 aliphatic heterocycles. The fourth-order valence-corrected chi connectivity index (χ4v) is 3.02. The van der Waals surface area contributed by atoms with E-state index in [1.165, 1.54) is 0 Å². The number of rotatable bonds is 4. The number of nitrogens with zero attached hydrogens (tertiary/aromatic N) is 1. The van der Waals surface area contributed by atoms with Gasteiger partial charge in [0.05, 0.1) is 0 Å². The molecule has 1 fully saturated rings. The van der Waals surface area contributed by atoms with Gasteiger partial charge in [0.15, 0.2) is 0 Å². The summed E-state index contributed by atoms with van der Waals surface area (Å²) in [6, 6.07) is 5.34. The van der Waals surface area contributed by atoms with Gasteiger partial charge < -0.3 is 10.6 Å². The van der Waals surface area contributed by atoms with Gasteiger partial charge in [-0.3, -0.25) is 4.79 Å². The fourth-order valence-electron chi connectivity index (χ4n) is 2.46. The van der Waals surface area contributed by atoms with Gasteiger partial charge in [0.1, 0.15) is 0 Å². The maximum atomic E-state index is 12.2. The molecule has 1 aromatic carbocycles. The zero-order valence-electron chi connectivity index (χ0n) is 10.7. The standard InChI is InChI=1S/C14H18Cl2N2O/c15-11-3-4-12(13(16)8-11)10(9-17)7-14(19)18-5-1-2-6-18/h3-4,8,10H,1-2,5-7,9,17H2. The van der Waals surface area contributed by atoms with Crippen LogP contribution in [0.15, 0.2) is 18.2 Å². The van der Waals surface area contributed by atoms with Crippen LogP contribution < -0.4 is 5.73 Å². The van der Waals surface area contributed by atoms with Crippen molar-refractivity contribution in [2.24, 2.45) is 5.73 Å². The summed E-state index contributed by atoms with van der Waals surface area (Å²) in [5.41, 5.74) is 6.70. The molecule has 1 unspecified atom stereocenters. The maximum absolute atomic E-state index is 12.2. The van der Waals surface area contributed by atoms with Crippen LogP contribution in [0.1, 0.15) is 30.7 Å². The van der Waals surface area contributed by atoms with Crippen LogP contribution in [-0.2, 0) is 4.79 Å². The van der Waals surface area contributed by atoms with E-state index in [9.17, 15) is 4.79 Å². The van der Waals surface area contributed by atoms with Crippen molar-refractivity contribution < 1.29 is 4.79 Å². The number of halogens is 2. The van der Waals surface area contributed by atoms with Gasteiger partial charge in [-0.25, -0.2) is 0 Å². The summed E-state index contributed by atoms with van der Waals surface area (Å²) in [6.45, 7) is 2.13. The molecule has 104 valence electrons. The second-order valence-corrected chi connectivity index (χ2v) is 5.73. The van der Waals surface area contributed by atoms with Gasteiger partial charge in [0.2, 0.25) is 5.91 Å². The molecule has 1 aliphatic rings. The molecule has 1 heterocycles. The first kappa shape index (κ1) is 14.6. The number of carbonyl (C=O) groups is 1. The summed E-state index contributed by atoms with van der Waals surface area (Å²) < 4.78 is 0. The lowest BCUT2D eigenvalue weighted by molar-refractivity contribution is -0.130. The maximum Gasteiger partial charge on any atom is 0.223 e. The van der Waals surface area contributed by atoms with E-state index < -0.39 is 0 Å². The van der Waals surface area contributed by atoms with E-state index in [0.29, 0.717) is 23.0 Å². The van der Waals surface area contributed by atoms with E-state index >= 15 is 0 Å². The largest absolute Gasteiger partial charge is 0.343 e. The summed E-state index contributed by atoms with van der Waals surface area (Å²) in [6.07, 6.45) is 2.61. The van der Waals surface area contributed by atoms with Gasteiger partial charge >= 0.3 is 0 Å². The summed E-state index contributed by atoms with van der Waals surface area (Å²) in [5.74, 6) is 0.122. The molecule has 5 heteroatoms. The van der Waals surface area contributed by atoms with Crippen molar-refractivity contribution in [3.8, 4) is 0 Å². The zero-order valence-corrected chi connectivity index (χ0v) is 12.3. The third-order valence-electron chi connectivity index (χ3n) is 3.57. The molecule has 0 bridgehead atoms. The number of carbonyl (C=O) groups excluding carboxylic acids is 1. The third-order valence-corrected chi connectivity index (χ3v) is 4.13. The van der Waals surface area contributed by atoms with Crippen LogP contribution in [0, 0.1) is 0 Å². The topological polar surface area (TPSA) is 46.3 Å². The van der Waals surface area contributed by atoms with E-state index in [2.05, 4.69) is 0 Å². The van der Waals surface area contributed by atoms with Crippen molar-refractivity contribution in [2.45, 2.75) is 25.2 Å². The predicted molar refractivity (Wildman–Crippen MR) is 78.7 cm³/mol. The molecule has 19 heavy (non-hydrogen) atoms. The molecule has 1 amide bonds. The number of hydrogen-bond donors (Lipinski definition) is 1. The van der Waals surface area contributed by atoms with Crippen molar-refractivity contribution in [2.75, 3.05) is 19.6 Å². The van der Waals surface area contributed by atoms with Gasteiger partial charge in [0.25, 0.3) is 0 Å². The quantitative estimate of drug-likeness (QED) is 0.929. The fraction of sp³-hybridized carbons (Fsp3) is 0.500. The molecular formula is C14H18Cl2N2O. The molecule has 0 radical (unpaired) electrons. The Labute approximate surface area is 123 Å². The highest BCUT2D eigenvalue weighted by Gasteiger charge is 2.23. The van der Waals surface area contributed by atoms with Crippen LogP contribution in [-0.4, -0.2) is 30.4 Å². The molecule has 2 N–H and O–H groups in total. The third kappa shape index (κ3) is 3.62. The smallest absolute Gasteiger partial charge is 0.223 e.